The number of nitrogens with one attached hydrogen (secondary N) is 1. The van der Waals surface area contributed by atoms with Crippen LogP contribution in [0.1, 0.15) is 22.8 Å². The van der Waals surface area contributed by atoms with Gasteiger partial charge in [0.25, 0.3) is 5.91 Å². The number of halogens is 1. The van der Waals surface area contributed by atoms with Crippen molar-refractivity contribution in [3.63, 3.8) is 0 Å². The highest BCUT2D eigenvalue weighted by atomic mass is 79.9. The second-order valence-corrected chi connectivity index (χ2v) is 7.50. The van der Waals surface area contributed by atoms with Crippen molar-refractivity contribution < 1.29 is 4.79 Å². The molecule has 3 nitrogen and oxygen atoms in total. The summed E-state index contributed by atoms with van der Waals surface area (Å²) in [4.78, 5) is 17.8. The maximum atomic E-state index is 13.1. The predicted octanol–water partition coefficient (Wildman–Crippen LogP) is 6.48. The normalized spacial score (nSPS) is 10.8. The van der Waals surface area contributed by atoms with E-state index in [1.54, 1.807) is 0 Å². The summed E-state index contributed by atoms with van der Waals surface area (Å²) in [5.74, 6) is -0.150. The van der Waals surface area contributed by atoms with Crippen LogP contribution in [0.4, 0.5) is 5.69 Å². The van der Waals surface area contributed by atoms with Crippen LogP contribution in [-0.2, 0) is 6.42 Å². The van der Waals surface area contributed by atoms with Gasteiger partial charge in [0.15, 0.2) is 0 Å². The van der Waals surface area contributed by atoms with Gasteiger partial charge in [0.05, 0.1) is 16.8 Å². The molecule has 0 aliphatic heterocycles. The van der Waals surface area contributed by atoms with Crippen molar-refractivity contribution in [3.8, 4) is 11.3 Å². The number of hydrogen-bond acceptors (Lipinski definition) is 2. The van der Waals surface area contributed by atoms with Crippen LogP contribution in [0.25, 0.3) is 22.2 Å². The van der Waals surface area contributed by atoms with Gasteiger partial charge < -0.3 is 5.32 Å². The lowest BCUT2D eigenvalue weighted by atomic mass is 10.0. The molecule has 4 rings (SSSR count). The molecule has 3 aromatic carbocycles. The quantitative estimate of drug-likeness (QED) is 0.402. The Morgan fingerprint density at radius 2 is 1.75 bits per heavy atom. The summed E-state index contributed by atoms with van der Waals surface area (Å²) in [5.41, 5.74) is 5.23. The molecule has 0 aliphatic carbocycles. The van der Waals surface area contributed by atoms with Crippen molar-refractivity contribution in [2.75, 3.05) is 5.32 Å². The third-order valence-electron chi connectivity index (χ3n) is 4.70. The van der Waals surface area contributed by atoms with E-state index in [9.17, 15) is 4.79 Å². The van der Waals surface area contributed by atoms with E-state index in [-0.39, 0.29) is 5.91 Å². The number of pyridine rings is 1. The molecular weight excluding hydrogens is 412 g/mol. The van der Waals surface area contributed by atoms with Crippen molar-refractivity contribution in [1.29, 1.82) is 0 Å². The Hall–Kier alpha value is -2.98. The van der Waals surface area contributed by atoms with E-state index >= 15 is 0 Å². The number of benzene rings is 3. The monoisotopic (exact) mass is 430 g/mol. The molecule has 1 aromatic heterocycles. The average Bonchev–Trinajstić information content (AvgIpc) is 2.73. The zero-order chi connectivity index (χ0) is 19.5. The first-order chi connectivity index (χ1) is 13.6. The van der Waals surface area contributed by atoms with Crippen LogP contribution in [-0.4, -0.2) is 10.9 Å². The Bertz CT molecular complexity index is 1150. The number of nitrogens with zero attached hydrogens (tertiary/aromatic N) is 1. The molecule has 28 heavy (non-hydrogen) atoms. The first-order valence-corrected chi connectivity index (χ1v) is 9.99. The zero-order valence-electron chi connectivity index (χ0n) is 15.4. The second-order valence-electron chi connectivity index (χ2n) is 6.59. The fourth-order valence-electron chi connectivity index (χ4n) is 3.19. The van der Waals surface area contributed by atoms with Crippen LogP contribution in [0.15, 0.2) is 83.3 Å². The number of amides is 1. The number of carbonyl (C=O) groups is 1. The van der Waals surface area contributed by atoms with E-state index in [0.29, 0.717) is 5.56 Å². The molecule has 0 radical (unpaired) electrons. The van der Waals surface area contributed by atoms with Crippen LogP contribution in [0, 0.1) is 0 Å². The van der Waals surface area contributed by atoms with Crippen molar-refractivity contribution in [2.24, 2.45) is 0 Å². The SMILES string of the molecule is CCc1ccc(-c2cc(C(=O)Nc3cccc(Br)c3)c3ccccc3n2)cc1. The number of anilines is 1. The van der Waals surface area contributed by atoms with Crippen molar-refractivity contribution >= 4 is 38.4 Å². The van der Waals surface area contributed by atoms with E-state index in [2.05, 4.69) is 52.4 Å². The van der Waals surface area contributed by atoms with Crippen LogP contribution < -0.4 is 5.32 Å². The maximum Gasteiger partial charge on any atom is 0.256 e. The Balaban J connectivity index is 1.78. The highest BCUT2D eigenvalue weighted by Gasteiger charge is 2.14. The van der Waals surface area contributed by atoms with E-state index in [1.807, 2.05) is 54.6 Å². The average molecular weight is 431 g/mol. The third kappa shape index (κ3) is 3.82. The first kappa shape index (κ1) is 18.4. The summed E-state index contributed by atoms with van der Waals surface area (Å²) in [6.07, 6.45) is 0.992. The molecule has 1 N–H and O–H groups in total. The Morgan fingerprint density at radius 3 is 2.50 bits per heavy atom. The molecule has 4 heteroatoms. The second kappa shape index (κ2) is 7.95. The van der Waals surface area contributed by atoms with Gasteiger partial charge in [-0.2, -0.15) is 0 Å². The molecule has 1 heterocycles. The number of aromatic nitrogens is 1. The van der Waals surface area contributed by atoms with Gasteiger partial charge in [0, 0.05) is 21.1 Å². The van der Waals surface area contributed by atoms with Crippen molar-refractivity contribution in [3.05, 3.63) is 94.5 Å². The van der Waals surface area contributed by atoms with E-state index in [1.165, 1.54) is 5.56 Å². The van der Waals surface area contributed by atoms with Gasteiger partial charge in [-0.1, -0.05) is 71.4 Å². The smallest absolute Gasteiger partial charge is 0.256 e. The topological polar surface area (TPSA) is 42.0 Å². The van der Waals surface area contributed by atoms with E-state index < -0.39 is 0 Å². The molecule has 0 aliphatic rings. The van der Waals surface area contributed by atoms with Crippen molar-refractivity contribution in [1.82, 2.24) is 4.98 Å². The third-order valence-corrected chi connectivity index (χ3v) is 5.19. The van der Waals surface area contributed by atoms with Crippen LogP contribution in [0.5, 0.6) is 0 Å². The molecule has 0 saturated carbocycles. The summed E-state index contributed by atoms with van der Waals surface area (Å²) in [5, 5.41) is 3.83. The van der Waals surface area contributed by atoms with Crippen LogP contribution in [0.3, 0.4) is 0 Å². The first-order valence-electron chi connectivity index (χ1n) is 9.20. The number of aryl methyl sites for hydroxylation is 1. The molecule has 138 valence electrons. The van der Waals surface area contributed by atoms with E-state index in [0.717, 1.165) is 38.7 Å². The van der Waals surface area contributed by atoms with Gasteiger partial charge in [-0.25, -0.2) is 4.98 Å². The van der Waals surface area contributed by atoms with E-state index in [4.69, 9.17) is 4.98 Å². The van der Waals surface area contributed by atoms with Crippen LogP contribution in [0.2, 0.25) is 0 Å². The fourth-order valence-corrected chi connectivity index (χ4v) is 3.59. The minimum Gasteiger partial charge on any atom is -0.322 e. The lowest BCUT2D eigenvalue weighted by Gasteiger charge is -2.11. The lowest BCUT2D eigenvalue weighted by molar-refractivity contribution is 0.102. The van der Waals surface area contributed by atoms with Crippen LogP contribution >= 0.6 is 15.9 Å². The van der Waals surface area contributed by atoms with Crippen molar-refractivity contribution in [2.45, 2.75) is 13.3 Å². The molecule has 0 bridgehead atoms. The molecule has 0 atom stereocenters. The predicted molar refractivity (Wildman–Crippen MR) is 119 cm³/mol. The fraction of sp³-hybridized carbons (Fsp3) is 0.0833. The summed E-state index contributed by atoms with van der Waals surface area (Å²) >= 11 is 3.44. The summed E-state index contributed by atoms with van der Waals surface area (Å²) < 4.78 is 0.918. The van der Waals surface area contributed by atoms with Gasteiger partial charge >= 0.3 is 0 Å². The standard InChI is InChI=1S/C24H19BrN2O/c1-2-16-10-12-17(13-11-16)23-15-21(20-8-3-4-9-22(20)27-23)24(28)26-19-7-5-6-18(25)14-19/h3-15H,2H2,1H3,(H,26,28). The molecule has 1 amide bonds. The number of hydrogen-bond donors (Lipinski definition) is 1. The highest BCUT2D eigenvalue weighted by molar-refractivity contribution is 9.10. The highest BCUT2D eigenvalue weighted by Crippen LogP contribution is 2.26. The van der Waals surface area contributed by atoms with Gasteiger partial charge in [-0.05, 0) is 42.3 Å². The number of para-hydroxylation sites is 1. The Labute approximate surface area is 172 Å². The minimum absolute atomic E-state index is 0.150. The summed E-state index contributed by atoms with van der Waals surface area (Å²) in [7, 11) is 0. The van der Waals surface area contributed by atoms with Gasteiger partial charge in [0.1, 0.15) is 0 Å². The van der Waals surface area contributed by atoms with Gasteiger partial charge in [-0.15, -0.1) is 0 Å². The number of carbonyl (C=O) groups excluding carboxylic acids is 1. The molecule has 0 fully saturated rings. The number of fused-ring (bicyclic) bond motifs is 1. The summed E-state index contributed by atoms with van der Waals surface area (Å²) in [6, 6.07) is 25.5. The maximum absolute atomic E-state index is 13.1. The summed E-state index contributed by atoms with van der Waals surface area (Å²) in [6.45, 7) is 2.13. The molecule has 0 spiro atoms. The lowest BCUT2D eigenvalue weighted by Crippen LogP contribution is -2.13. The molecule has 4 aromatic rings. The van der Waals surface area contributed by atoms with Gasteiger partial charge in [0.2, 0.25) is 0 Å². The molecular formula is C24H19BrN2O. The largest absolute Gasteiger partial charge is 0.322 e. The molecule has 0 unspecified atom stereocenters. The number of rotatable bonds is 4. The minimum atomic E-state index is -0.150. The zero-order valence-corrected chi connectivity index (χ0v) is 17.0. The van der Waals surface area contributed by atoms with Gasteiger partial charge in [-0.3, -0.25) is 4.79 Å². The Morgan fingerprint density at radius 1 is 0.964 bits per heavy atom. The molecule has 0 saturated heterocycles. The Kier molecular flexibility index (Phi) is 5.22.